The van der Waals surface area contributed by atoms with Crippen LogP contribution in [0.2, 0.25) is 0 Å². The summed E-state index contributed by atoms with van der Waals surface area (Å²) in [6, 6.07) is 48.7. The van der Waals surface area contributed by atoms with E-state index in [1.54, 1.807) is 83.3 Å². The zero-order chi connectivity index (χ0) is 72.7. The van der Waals surface area contributed by atoms with Crippen LogP contribution < -0.4 is 34.2 Å². The Morgan fingerprint density at radius 3 is 1.21 bits per heavy atom. The average Bonchev–Trinajstić information content (AvgIpc) is 1.61. The van der Waals surface area contributed by atoms with Crippen LogP contribution in [-0.4, -0.2) is 94.0 Å². The molecule has 0 radical (unpaired) electrons. The molecular weight excluding hydrogens is 1490 g/mol. The van der Waals surface area contributed by atoms with Crippen molar-refractivity contribution in [3.8, 4) is 62.9 Å². The van der Waals surface area contributed by atoms with Crippen molar-refractivity contribution in [3.63, 3.8) is 0 Å². The minimum atomic E-state index is -5.68. The molecule has 0 unspecified atom stereocenters. The highest BCUT2D eigenvalue weighted by molar-refractivity contribution is 9.69. The van der Waals surface area contributed by atoms with Crippen LogP contribution in [0.5, 0.6) is 40.4 Å². The molecule has 0 saturated carbocycles. The van der Waals surface area contributed by atoms with E-state index < -0.39 is 28.6 Å². The number of halogens is 6. The molecule has 1 aliphatic heterocycles. The number of H-pyrrole nitrogens is 1. The van der Waals surface area contributed by atoms with Gasteiger partial charge >= 0.3 is 25.9 Å². The van der Waals surface area contributed by atoms with Crippen molar-refractivity contribution in [2.75, 3.05) is 28.4 Å². The number of nitrogens with zero attached hydrogens (tertiary/aromatic N) is 3. The number of phenolic OH excluding ortho intramolecular Hbond substituents is 2. The number of rotatable bonds is 12. The summed E-state index contributed by atoms with van der Waals surface area (Å²) in [4.78, 5) is 26.0. The molecule has 0 bridgehead atoms. The third-order valence-electron chi connectivity index (χ3n) is 16.1. The Morgan fingerprint density at radius 2 is 0.838 bits per heavy atom. The van der Waals surface area contributed by atoms with Crippen LogP contribution >= 0.6 is 47.3 Å². The standard InChI is InChI=1S/C20H21NO2.C18H17NO2.C17H27BO4.C10H6F3NO3S.C9H7NO.BBr3/c1-13(2)20-18(22-3)10-16(11-19(20)23-4)17-9-14-7-5-6-8-15(14)12-21-17;1-11(2)18-16(20)8-14(9-17(18)21)15-7-12-5-3-4-6-13(12)10-19-15;1-11(2)15-13(19-7)9-12(10-14(15)20-8)18-21-16(3,4)17(5,6)22-18;11-10(12,13)18(15,16)17-9-5-7-3-1-2-4-8(7)6-14-9;11-9-5-7-3-1-2-4-8(7)6-10-9;2-1(3)4/h5-13H,1-4H3;3-11,20-21H,1-2H3;9-11H,1-8H3;1-6H;1-6H,(H,10,11);. The summed E-state index contributed by atoms with van der Waals surface area (Å²) in [6.07, 6.45) is 6.66. The number of benzene rings is 7. The van der Waals surface area contributed by atoms with Gasteiger partial charge in [0, 0.05) is 80.9 Å². The Balaban J connectivity index is 0.000000174. The van der Waals surface area contributed by atoms with Gasteiger partial charge in [0.05, 0.1) is 51.0 Å². The van der Waals surface area contributed by atoms with Gasteiger partial charge < -0.3 is 47.6 Å². The molecule has 1 fully saturated rings. The Bertz CT molecular complexity index is 4670. The van der Waals surface area contributed by atoms with Gasteiger partial charge in [-0.1, -0.05) is 139 Å². The van der Waals surface area contributed by atoms with Crippen LogP contribution in [0.4, 0.5) is 13.2 Å². The van der Waals surface area contributed by atoms with Gasteiger partial charge in [0.25, 0.3) is 0 Å². The van der Waals surface area contributed by atoms with Crippen LogP contribution in [0.25, 0.3) is 65.6 Å². The number of aromatic nitrogens is 4. The maximum atomic E-state index is 12.1. The summed E-state index contributed by atoms with van der Waals surface area (Å²) >= 11 is 9.31. The lowest BCUT2D eigenvalue weighted by Gasteiger charge is -2.32. The third-order valence-corrected chi connectivity index (χ3v) is 17.1. The first-order valence-electron chi connectivity index (χ1n) is 31.2. The van der Waals surface area contributed by atoms with Crippen molar-refractivity contribution in [3.05, 3.63) is 210 Å². The number of phenols is 2. The highest BCUT2D eigenvalue weighted by Gasteiger charge is 2.52. The van der Waals surface area contributed by atoms with E-state index in [-0.39, 0.29) is 37.4 Å². The summed E-state index contributed by atoms with van der Waals surface area (Å²) in [5.41, 5.74) is 0.716. The second-order valence-corrected chi connectivity index (χ2v) is 32.4. The lowest BCUT2D eigenvalue weighted by molar-refractivity contribution is -0.0501. The largest absolute Gasteiger partial charge is 0.534 e. The van der Waals surface area contributed by atoms with E-state index in [0.717, 1.165) is 89.5 Å². The van der Waals surface area contributed by atoms with E-state index in [4.69, 9.17) is 28.3 Å². The molecule has 520 valence electrons. The quantitative estimate of drug-likeness (QED) is 0.0590. The molecule has 99 heavy (non-hydrogen) atoms. The smallest absolute Gasteiger partial charge is 0.507 e. The Kier molecular flexibility index (Phi) is 27.0. The number of alkyl halides is 3. The number of hydrogen-bond donors (Lipinski definition) is 3. The predicted molar refractivity (Wildman–Crippen MR) is 403 cm³/mol. The van der Waals surface area contributed by atoms with Crippen molar-refractivity contribution < 1.29 is 64.2 Å². The molecule has 0 aliphatic carbocycles. The van der Waals surface area contributed by atoms with Gasteiger partial charge in [-0.15, -0.1) is 47.3 Å². The van der Waals surface area contributed by atoms with E-state index in [1.807, 2.05) is 139 Å². The number of nitrogens with one attached hydrogen (secondary N) is 1. The van der Waals surface area contributed by atoms with Gasteiger partial charge in [-0.2, -0.15) is 21.6 Å². The number of fused-ring (bicyclic) bond motifs is 4. The van der Waals surface area contributed by atoms with Crippen molar-refractivity contribution in [1.82, 2.24) is 19.9 Å². The highest BCUT2D eigenvalue weighted by Crippen LogP contribution is 2.42. The fraction of sp³-hybridized carbons (Fsp3) is 0.270. The summed E-state index contributed by atoms with van der Waals surface area (Å²) < 4.78 is 96.5. The SMILES string of the molecule is BrB(Br)Br.CC(C)c1c(O)cc(-c2cc3ccccc3cn2)cc1O.COc1cc(-c2cc3ccccc3cn2)cc(OC)c1C(C)C.COc1cc(B2OC(C)(C)C(C)(C)O2)cc(OC)c1C(C)C.O=S(=O)(Oc1cc2ccccc2cn1)C(F)(F)F.O=c1cc2ccccc2c[nH]1. The van der Waals surface area contributed by atoms with Gasteiger partial charge in [0.1, 0.15) is 34.5 Å². The fourth-order valence-electron chi connectivity index (χ4n) is 10.5. The van der Waals surface area contributed by atoms with Crippen LogP contribution in [0.15, 0.2) is 187 Å². The first-order valence-corrected chi connectivity index (χ1v) is 35.4. The van der Waals surface area contributed by atoms with Crippen molar-refractivity contribution >= 4 is 116 Å². The van der Waals surface area contributed by atoms with Gasteiger partial charge in [-0.3, -0.25) is 14.8 Å². The molecule has 4 aromatic heterocycles. The molecule has 0 amide bonds. The minimum Gasteiger partial charge on any atom is -0.507 e. The summed E-state index contributed by atoms with van der Waals surface area (Å²) in [5.74, 6) is 3.56. The van der Waals surface area contributed by atoms with Gasteiger partial charge in [0.15, 0.2) is 0 Å². The predicted octanol–water partition coefficient (Wildman–Crippen LogP) is 18.8. The van der Waals surface area contributed by atoms with Crippen LogP contribution in [0.1, 0.15) is 104 Å². The van der Waals surface area contributed by atoms with E-state index in [0.29, 0.717) is 33.7 Å². The second kappa shape index (κ2) is 34.3. The maximum Gasteiger partial charge on any atom is 0.534 e. The molecular formula is C74H78B2Br3F3N4O12S. The number of aromatic hydroxyl groups is 2. The number of ether oxygens (including phenoxy) is 4. The van der Waals surface area contributed by atoms with Gasteiger partial charge in [-0.25, -0.2) is 4.98 Å². The fourth-order valence-corrected chi connectivity index (χ4v) is 10.9. The summed E-state index contributed by atoms with van der Waals surface area (Å²) in [6.45, 7) is 20.6. The molecule has 0 atom stereocenters. The summed E-state index contributed by atoms with van der Waals surface area (Å²) in [7, 11) is 0.632. The topological polar surface area (TPSA) is 211 Å². The molecule has 3 N–H and O–H groups in total. The van der Waals surface area contributed by atoms with Gasteiger partial charge in [0.2, 0.25) is 11.4 Å². The lowest BCUT2D eigenvalue weighted by Crippen LogP contribution is -2.41. The Hall–Kier alpha value is -8.19. The Morgan fingerprint density at radius 1 is 0.505 bits per heavy atom. The molecule has 0 spiro atoms. The van der Waals surface area contributed by atoms with Crippen molar-refractivity contribution in [2.45, 2.75) is 104 Å². The lowest BCUT2D eigenvalue weighted by atomic mass is 9.77. The first kappa shape index (κ1) is 78.2. The molecule has 5 heterocycles. The van der Waals surface area contributed by atoms with E-state index >= 15 is 0 Å². The van der Waals surface area contributed by atoms with E-state index in [1.165, 1.54) is 11.6 Å². The van der Waals surface area contributed by atoms with Crippen LogP contribution in [0, 0.1) is 0 Å². The molecule has 11 aromatic rings. The highest BCUT2D eigenvalue weighted by atomic mass is 79.9. The van der Waals surface area contributed by atoms with Crippen molar-refractivity contribution in [2.24, 2.45) is 0 Å². The first-order chi connectivity index (χ1) is 46.7. The van der Waals surface area contributed by atoms with Crippen LogP contribution in [-0.2, 0) is 19.4 Å². The van der Waals surface area contributed by atoms with Gasteiger partial charge in [-0.05, 0) is 126 Å². The zero-order valence-electron chi connectivity index (χ0n) is 57.2. The number of pyridine rings is 4. The number of aromatic amines is 1. The van der Waals surface area contributed by atoms with E-state index in [2.05, 4.69) is 117 Å². The third kappa shape index (κ3) is 20.3. The number of methoxy groups -OCH3 is 4. The number of hydrogen-bond acceptors (Lipinski definition) is 15. The Labute approximate surface area is 600 Å². The molecule has 16 nitrogen and oxygen atoms in total. The average molecular weight is 1570 g/mol. The molecule has 25 heteroatoms. The summed E-state index contributed by atoms with van der Waals surface area (Å²) in [5, 5.41) is 27.9. The molecule has 1 saturated heterocycles. The second-order valence-electron chi connectivity index (χ2n) is 24.5. The minimum absolute atomic E-state index is 0.0521. The van der Waals surface area contributed by atoms with E-state index in [9.17, 15) is 36.6 Å². The molecule has 12 rings (SSSR count). The molecule has 7 aromatic carbocycles. The molecule has 1 aliphatic rings. The zero-order valence-corrected chi connectivity index (χ0v) is 62.8. The maximum absolute atomic E-state index is 12.1. The van der Waals surface area contributed by atoms with Crippen LogP contribution in [0.3, 0.4) is 0 Å². The monoisotopic (exact) mass is 1560 g/mol. The van der Waals surface area contributed by atoms with Crippen molar-refractivity contribution in [1.29, 1.82) is 0 Å². The normalized spacial score (nSPS) is 13.0.